The molecule has 0 spiro atoms. The highest BCUT2D eigenvalue weighted by atomic mass is 16.5. The predicted octanol–water partition coefficient (Wildman–Crippen LogP) is 0.0847. The maximum absolute atomic E-state index is 8.82. The summed E-state index contributed by atoms with van der Waals surface area (Å²) in [4.78, 5) is 7.64. The molecular weight excluding hydrogens is 170 g/mol. The van der Waals surface area contributed by atoms with Crippen LogP contribution in [-0.4, -0.2) is 28.8 Å². The molecule has 0 fully saturated rings. The fourth-order valence-electron chi connectivity index (χ4n) is 0.856. The second-order valence-corrected chi connectivity index (χ2v) is 2.35. The number of aliphatic hydroxyl groups excluding tert-OH is 1. The maximum atomic E-state index is 8.82. The molecule has 1 atom stereocenters. The normalized spacial score (nSPS) is 11.8. The number of ether oxygens (including phenoxy) is 1. The summed E-state index contributed by atoms with van der Waals surface area (Å²) in [6.07, 6.45) is 1.30. The Morgan fingerprint density at radius 2 is 2.46 bits per heavy atom. The Kier molecular flexibility index (Phi) is 3.17. The van der Waals surface area contributed by atoms with E-state index in [1.165, 1.54) is 19.5 Å². The van der Waals surface area contributed by atoms with E-state index in [-0.39, 0.29) is 6.61 Å². The van der Waals surface area contributed by atoms with Crippen LogP contribution in [0.25, 0.3) is 0 Å². The quantitative estimate of drug-likeness (QED) is 0.711. The first-order valence-electron chi connectivity index (χ1n) is 3.68. The van der Waals surface area contributed by atoms with E-state index in [0.717, 1.165) is 0 Å². The fourth-order valence-corrected chi connectivity index (χ4v) is 0.856. The average molecular weight is 179 g/mol. The summed E-state index contributed by atoms with van der Waals surface area (Å²) in [7, 11) is 1.48. The van der Waals surface area contributed by atoms with Crippen LogP contribution in [0.15, 0.2) is 12.4 Å². The summed E-state index contributed by atoms with van der Waals surface area (Å²) in [5.41, 5.74) is 0.469. The van der Waals surface area contributed by atoms with Gasteiger partial charge in [-0.15, -0.1) is 0 Å². The van der Waals surface area contributed by atoms with Gasteiger partial charge in [0.25, 0.3) is 0 Å². The van der Waals surface area contributed by atoms with E-state index in [0.29, 0.717) is 11.6 Å². The molecular formula is C8H9N3O2. The summed E-state index contributed by atoms with van der Waals surface area (Å²) in [5, 5.41) is 17.5. The molecule has 0 amide bonds. The van der Waals surface area contributed by atoms with Crippen molar-refractivity contribution >= 4 is 0 Å². The first-order valence-corrected chi connectivity index (χ1v) is 3.68. The molecule has 0 radical (unpaired) electrons. The average Bonchev–Trinajstić information content (AvgIpc) is 2.20. The molecule has 13 heavy (non-hydrogen) atoms. The van der Waals surface area contributed by atoms with Crippen molar-refractivity contribution in [1.82, 2.24) is 9.97 Å². The number of aromatic nitrogens is 2. The molecule has 1 aromatic heterocycles. The lowest BCUT2D eigenvalue weighted by atomic mass is 10.1. The van der Waals surface area contributed by atoms with Crippen molar-refractivity contribution in [2.75, 3.05) is 13.7 Å². The minimum atomic E-state index is -0.614. The first-order chi connectivity index (χ1) is 6.31. The first kappa shape index (κ1) is 9.42. The molecule has 1 heterocycles. The van der Waals surface area contributed by atoms with Crippen molar-refractivity contribution in [3.63, 3.8) is 0 Å². The van der Waals surface area contributed by atoms with E-state index in [1.54, 1.807) is 0 Å². The zero-order chi connectivity index (χ0) is 9.68. The van der Waals surface area contributed by atoms with Gasteiger partial charge in [0, 0.05) is 6.07 Å². The molecule has 0 aliphatic heterocycles. The standard InChI is InChI=1S/C8H9N3O2/c1-13-8-2-7(10-5-11-8)6(3-9)4-12/h2,5-6,12H,4H2,1H3. The van der Waals surface area contributed by atoms with Crippen LogP contribution in [0.4, 0.5) is 0 Å². The van der Waals surface area contributed by atoms with E-state index in [2.05, 4.69) is 9.97 Å². The van der Waals surface area contributed by atoms with Gasteiger partial charge < -0.3 is 9.84 Å². The van der Waals surface area contributed by atoms with Crippen molar-refractivity contribution in [3.8, 4) is 11.9 Å². The van der Waals surface area contributed by atoms with Crippen LogP contribution in [0, 0.1) is 11.3 Å². The second kappa shape index (κ2) is 4.38. The highest BCUT2D eigenvalue weighted by Crippen LogP contribution is 2.14. The molecule has 1 rings (SSSR count). The molecule has 0 bridgehead atoms. The fraction of sp³-hybridized carbons (Fsp3) is 0.375. The molecule has 0 aliphatic carbocycles. The highest BCUT2D eigenvalue weighted by molar-refractivity contribution is 5.21. The van der Waals surface area contributed by atoms with E-state index >= 15 is 0 Å². The number of hydrogen-bond donors (Lipinski definition) is 1. The van der Waals surface area contributed by atoms with Gasteiger partial charge in [-0.2, -0.15) is 5.26 Å². The largest absolute Gasteiger partial charge is 0.481 e. The summed E-state index contributed by atoms with van der Waals surface area (Å²) in [6, 6.07) is 3.46. The van der Waals surface area contributed by atoms with Crippen LogP contribution in [0.1, 0.15) is 11.6 Å². The number of nitrogens with zero attached hydrogens (tertiary/aromatic N) is 3. The van der Waals surface area contributed by atoms with Crippen LogP contribution < -0.4 is 4.74 Å². The molecule has 5 nitrogen and oxygen atoms in total. The molecule has 0 saturated heterocycles. The SMILES string of the molecule is COc1cc(C(C#N)CO)ncn1. The Labute approximate surface area is 75.6 Å². The predicted molar refractivity (Wildman–Crippen MR) is 44.0 cm³/mol. The van der Waals surface area contributed by atoms with Crippen LogP contribution in [0.3, 0.4) is 0 Å². The van der Waals surface area contributed by atoms with E-state index in [4.69, 9.17) is 15.1 Å². The minimum Gasteiger partial charge on any atom is -0.481 e. The number of methoxy groups -OCH3 is 1. The van der Waals surface area contributed by atoms with Gasteiger partial charge in [0.15, 0.2) is 0 Å². The molecule has 1 unspecified atom stereocenters. The van der Waals surface area contributed by atoms with Crippen molar-refractivity contribution in [2.24, 2.45) is 0 Å². The van der Waals surface area contributed by atoms with E-state index < -0.39 is 5.92 Å². The number of rotatable bonds is 3. The third-order valence-corrected chi connectivity index (χ3v) is 1.57. The third-order valence-electron chi connectivity index (χ3n) is 1.57. The number of nitriles is 1. The lowest BCUT2D eigenvalue weighted by Gasteiger charge is -2.04. The minimum absolute atomic E-state index is 0.253. The molecule has 68 valence electrons. The lowest BCUT2D eigenvalue weighted by molar-refractivity contribution is 0.283. The smallest absolute Gasteiger partial charge is 0.216 e. The van der Waals surface area contributed by atoms with Gasteiger partial charge in [-0.3, -0.25) is 0 Å². The Hall–Kier alpha value is -1.67. The summed E-state index contributed by atoms with van der Waals surface area (Å²) >= 11 is 0. The van der Waals surface area contributed by atoms with Crippen molar-refractivity contribution in [3.05, 3.63) is 18.1 Å². The Balaban J connectivity index is 2.94. The van der Waals surface area contributed by atoms with E-state index in [9.17, 15) is 0 Å². The lowest BCUT2D eigenvalue weighted by Crippen LogP contribution is -2.04. The second-order valence-electron chi connectivity index (χ2n) is 2.35. The van der Waals surface area contributed by atoms with Crippen LogP contribution in [0.5, 0.6) is 5.88 Å². The van der Waals surface area contributed by atoms with Crippen LogP contribution in [0.2, 0.25) is 0 Å². The summed E-state index contributed by atoms with van der Waals surface area (Å²) in [6.45, 7) is -0.253. The topological polar surface area (TPSA) is 79.0 Å². The molecule has 0 aliphatic rings. The molecule has 5 heteroatoms. The van der Waals surface area contributed by atoms with Gasteiger partial charge in [-0.25, -0.2) is 9.97 Å². The third kappa shape index (κ3) is 2.13. The molecule has 1 aromatic rings. The molecule has 0 aromatic carbocycles. The number of hydrogen-bond acceptors (Lipinski definition) is 5. The maximum Gasteiger partial charge on any atom is 0.216 e. The van der Waals surface area contributed by atoms with Crippen molar-refractivity contribution < 1.29 is 9.84 Å². The Morgan fingerprint density at radius 3 is 3.00 bits per heavy atom. The van der Waals surface area contributed by atoms with Crippen molar-refractivity contribution in [2.45, 2.75) is 5.92 Å². The Bertz CT molecular complexity index is 321. The van der Waals surface area contributed by atoms with Crippen LogP contribution >= 0.6 is 0 Å². The molecule has 0 saturated carbocycles. The van der Waals surface area contributed by atoms with Gasteiger partial charge in [0.1, 0.15) is 12.2 Å². The van der Waals surface area contributed by atoms with Gasteiger partial charge in [-0.05, 0) is 0 Å². The van der Waals surface area contributed by atoms with E-state index in [1.807, 2.05) is 6.07 Å². The van der Waals surface area contributed by atoms with Gasteiger partial charge >= 0.3 is 0 Å². The summed E-state index contributed by atoms with van der Waals surface area (Å²) in [5.74, 6) is -0.226. The monoisotopic (exact) mass is 179 g/mol. The summed E-state index contributed by atoms with van der Waals surface area (Å²) < 4.78 is 4.85. The van der Waals surface area contributed by atoms with Gasteiger partial charge in [0.05, 0.1) is 25.5 Å². The highest BCUT2D eigenvalue weighted by Gasteiger charge is 2.11. The van der Waals surface area contributed by atoms with Gasteiger partial charge in [0.2, 0.25) is 5.88 Å². The van der Waals surface area contributed by atoms with Gasteiger partial charge in [-0.1, -0.05) is 0 Å². The molecule has 1 N–H and O–H groups in total. The zero-order valence-electron chi connectivity index (χ0n) is 7.14. The zero-order valence-corrected chi connectivity index (χ0v) is 7.14. The van der Waals surface area contributed by atoms with Crippen LogP contribution in [-0.2, 0) is 0 Å². The van der Waals surface area contributed by atoms with Crippen molar-refractivity contribution in [1.29, 1.82) is 5.26 Å². The number of aliphatic hydroxyl groups is 1. The Morgan fingerprint density at radius 1 is 1.69 bits per heavy atom.